The first-order valence-corrected chi connectivity index (χ1v) is 8.58. The van der Waals surface area contributed by atoms with E-state index < -0.39 is 11.2 Å². The second kappa shape index (κ2) is 5.44. The van der Waals surface area contributed by atoms with Crippen LogP contribution in [0.5, 0.6) is 0 Å². The molecule has 6 heteroatoms. The van der Waals surface area contributed by atoms with Crippen LogP contribution in [0, 0.1) is 13.8 Å². The molecule has 1 spiro atoms. The van der Waals surface area contributed by atoms with Crippen molar-refractivity contribution in [2.24, 2.45) is 0 Å². The molecule has 2 fully saturated rings. The summed E-state index contributed by atoms with van der Waals surface area (Å²) in [5, 5.41) is 3.63. The van der Waals surface area contributed by atoms with Gasteiger partial charge < -0.3 is 9.73 Å². The molecule has 0 radical (unpaired) electrons. The van der Waals surface area contributed by atoms with Crippen LogP contribution >= 0.6 is 0 Å². The van der Waals surface area contributed by atoms with Gasteiger partial charge >= 0.3 is 11.7 Å². The Labute approximate surface area is 144 Å². The third kappa shape index (κ3) is 2.35. The Bertz CT molecular complexity index is 954. The monoisotopic (exact) mass is 340 g/mol. The summed E-state index contributed by atoms with van der Waals surface area (Å²) in [6.07, 6.45) is 3.25. The second-order valence-corrected chi connectivity index (χ2v) is 7.09. The van der Waals surface area contributed by atoms with Crippen LogP contribution in [0.1, 0.15) is 42.4 Å². The predicted molar refractivity (Wildman–Crippen MR) is 92.2 cm³/mol. The molecule has 2 heterocycles. The summed E-state index contributed by atoms with van der Waals surface area (Å²) in [5.41, 5.74) is 1.85. The van der Waals surface area contributed by atoms with E-state index in [4.69, 9.17) is 4.42 Å². The Balaban J connectivity index is 1.76. The summed E-state index contributed by atoms with van der Waals surface area (Å²) < 4.78 is 5.37. The third-order valence-electron chi connectivity index (χ3n) is 5.55. The minimum absolute atomic E-state index is 0.0804. The molecule has 2 aromatic rings. The van der Waals surface area contributed by atoms with E-state index in [2.05, 4.69) is 5.32 Å². The third-order valence-corrected chi connectivity index (χ3v) is 5.55. The number of imide groups is 1. The molecule has 0 atom stereocenters. The summed E-state index contributed by atoms with van der Waals surface area (Å²) in [4.78, 5) is 38.4. The lowest BCUT2D eigenvalue weighted by Gasteiger charge is -2.20. The Hall–Kier alpha value is -2.63. The molecule has 4 rings (SSSR count). The quantitative estimate of drug-likeness (QED) is 0.673. The fourth-order valence-corrected chi connectivity index (χ4v) is 3.96. The van der Waals surface area contributed by atoms with Crippen LogP contribution in [0.4, 0.5) is 4.79 Å². The zero-order valence-electron chi connectivity index (χ0n) is 14.3. The van der Waals surface area contributed by atoms with Gasteiger partial charge in [-0.3, -0.25) is 9.69 Å². The van der Waals surface area contributed by atoms with Gasteiger partial charge in [0.15, 0.2) is 0 Å². The van der Waals surface area contributed by atoms with Crippen LogP contribution in [0.2, 0.25) is 0 Å². The Morgan fingerprint density at radius 3 is 2.60 bits per heavy atom. The molecular formula is C19H20N2O4. The number of amides is 3. The highest BCUT2D eigenvalue weighted by Crippen LogP contribution is 2.36. The predicted octanol–water partition coefficient (Wildman–Crippen LogP) is 2.77. The lowest BCUT2D eigenvalue weighted by molar-refractivity contribution is -0.131. The van der Waals surface area contributed by atoms with Gasteiger partial charge in [0.2, 0.25) is 0 Å². The van der Waals surface area contributed by atoms with Gasteiger partial charge in [0.25, 0.3) is 5.91 Å². The van der Waals surface area contributed by atoms with Crippen LogP contribution in [0.15, 0.2) is 27.4 Å². The molecule has 1 aliphatic heterocycles. The number of carbonyl (C=O) groups is 2. The van der Waals surface area contributed by atoms with Crippen LogP contribution in [0.3, 0.4) is 0 Å². The topological polar surface area (TPSA) is 79.6 Å². The summed E-state index contributed by atoms with van der Waals surface area (Å²) >= 11 is 0. The Morgan fingerprint density at radius 1 is 1.16 bits per heavy atom. The second-order valence-electron chi connectivity index (χ2n) is 7.09. The number of carbonyl (C=O) groups excluding carboxylic acids is 2. The van der Waals surface area contributed by atoms with Crippen LogP contribution in [0.25, 0.3) is 11.0 Å². The molecule has 6 nitrogen and oxygen atoms in total. The average molecular weight is 340 g/mol. The zero-order valence-corrected chi connectivity index (χ0v) is 14.3. The first-order chi connectivity index (χ1) is 11.9. The van der Waals surface area contributed by atoms with Gasteiger partial charge in [0.05, 0.1) is 6.54 Å². The lowest BCUT2D eigenvalue weighted by Crippen LogP contribution is -2.44. The molecule has 1 saturated heterocycles. The van der Waals surface area contributed by atoms with Gasteiger partial charge in [-0.15, -0.1) is 0 Å². The van der Waals surface area contributed by atoms with Gasteiger partial charge in [-0.2, -0.15) is 0 Å². The molecule has 130 valence electrons. The fraction of sp³-hybridized carbons (Fsp3) is 0.421. The van der Waals surface area contributed by atoms with E-state index in [0.29, 0.717) is 24.0 Å². The average Bonchev–Trinajstić information content (AvgIpc) is 3.12. The Morgan fingerprint density at radius 2 is 1.88 bits per heavy atom. The molecule has 0 bridgehead atoms. The number of fused-ring (bicyclic) bond motifs is 1. The fourth-order valence-electron chi connectivity index (χ4n) is 3.96. The number of nitrogens with zero attached hydrogens (tertiary/aromatic N) is 1. The van der Waals surface area contributed by atoms with Crippen molar-refractivity contribution in [2.75, 3.05) is 0 Å². The molecule has 0 unspecified atom stereocenters. The van der Waals surface area contributed by atoms with E-state index in [0.717, 1.165) is 29.4 Å². The molecule has 25 heavy (non-hydrogen) atoms. The number of hydrogen-bond acceptors (Lipinski definition) is 4. The van der Waals surface area contributed by atoms with Gasteiger partial charge in [-0.05, 0) is 43.4 Å². The van der Waals surface area contributed by atoms with Crippen molar-refractivity contribution >= 4 is 22.9 Å². The van der Waals surface area contributed by atoms with Crippen LogP contribution in [-0.4, -0.2) is 22.4 Å². The van der Waals surface area contributed by atoms with Crippen molar-refractivity contribution in [3.63, 3.8) is 0 Å². The molecule has 1 aromatic heterocycles. The van der Waals surface area contributed by atoms with Crippen molar-refractivity contribution in [3.8, 4) is 0 Å². The SMILES string of the molecule is Cc1ccc2c(CN3C(=O)NC4(CCCC4)C3=O)cc(=O)oc2c1C. The summed E-state index contributed by atoms with van der Waals surface area (Å²) in [5.74, 6) is -0.180. The standard InChI is InChI=1S/C19H20N2O4/c1-11-5-6-14-13(9-15(22)25-16(14)12(11)2)10-21-17(23)19(20-18(21)24)7-3-4-8-19/h5-6,9H,3-4,7-8,10H2,1-2H3,(H,20,24). The highest BCUT2D eigenvalue weighted by molar-refractivity contribution is 6.07. The summed E-state index contributed by atoms with van der Waals surface area (Å²) in [7, 11) is 0. The number of benzene rings is 1. The smallest absolute Gasteiger partial charge is 0.336 e. The van der Waals surface area contributed by atoms with Gasteiger partial charge in [-0.25, -0.2) is 9.59 Å². The molecule has 1 saturated carbocycles. The highest BCUT2D eigenvalue weighted by Gasteiger charge is 2.52. The Kier molecular flexibility index (Phi) is 3.45. The number of rotatable bonds is 2. The molecule has 1 aromatic carbocycles. The number of nitrogens with one attached hydrogen (secondary N) is 1. The molecule has 3 amide bonds. The van der Waals surface area contributed by atoms with Gasteiger partial charge in [0.1, 0.15) is 11.1 Å². The normalized spacial score (nSPS) is 19.2. The maximum Gasteiger partial charge on any atom is 0.336 e. The maximum absolute atomic E-state index is 12.8. The number of hydrogen-bond donors (Lipinski definition) is 1. The largest absolute Gasteiger partial charge is 0.422 e. The van der Waals surface area contributed by atoms with Crippen molar-refractivity contribution < 1.29 is 14.0 Å². The molecule has 2 aliphatic rings. The van der Waals surface area contributed by atoms with Crippen molar-refractivity contribution in [1.29, 1.82) is 0 Å². The van der Waals surface area contributed by atoms with E-state index in [9.17, 15) is 14.4 Å². The molecule has 1 N–H and O–H groups in total. The first kappa shape index (κ1) is 15.9. The van der Waals surface area contributed by atoms with E-state index in [-0.39, 0.29) is 18.5 Å². The van der Waals surface area contributed by atoms with E-state index in [1.165, 1.54) is 11.0 Å². The van der Waals surface area contributed by atoms with Crippen molar-refractivity contribution in [1.82, 2.24) is 10.2 Å². The maximum atomic E-state index is 12.8. The lowest BCUT2D eigenvalue weighted by atomic mass is 9.97. The van der Waals surface area contributed by atoms with Crippen molar-refractivity contribution in [3.05, 3.63) is 45.3 Å². The first-order valence-electron chi connectivity index (χ1n) is 8.58. The van der Waals surface area contributed by atoms with Gasteiger partial charge in [0, 0.05) is 11.5 Å². The van der Waals surface area contributed by atoms with Crippen LogP contribution < -0.4 is 10.9 Å². The van der Waals surface area contributed by atoms with E-state index >= 15 is 0 Å². The molecule has 1 aliphatic carbocycles. The van der Waals surface area contributed by atoms with Crippen molar-refractivity contribution in [2.45, 2.75) is 51.6 Å². The van der Waals surface area contributed by atoms with E-state index in [1.54, 1.807) is 0 Å². The minimum atomic E-state index is -0.737. The summed E-state index contributed by atoms with van der Waals surface area (Å²) in [6.45, 7) is 3.92. The molecular weight excluding hydrogens is 320 g/mol. The zero-order chi connectivity index (χ0) is 17.8. The van der Waals surface area contributed by atoms with Crippen LogP contribution in [-0.2, 0) is 11.3 Å². The minimum Gasteiger partial charge on any atom is -0.422 e. The summed E-state index contributed by atoms with van der Waals surface area (Å²) in [6, 6.07) is 4.82. The number of aryl methyl sites for hydroxylation is 2. The van der Waals surface area contributed by atoms with Gasteiger partial charge in [-0.1, -0.05) is 25.0 Å². The van der Waals surface area contributed by atoms with E-state index in [1.807, 2.05) is 26.0 Å². The highest BCUT2D eigenvalue weighted by atomic mass is 16.4. The number of urea groups is 1.